The number of aliphatic hydroxyl groups is 1. The average molecular weight is 350 g/mol. The number of nitro benzene ring substituents is 1. The fourth-order valence-electron chi connectivity index (χ4n) is 2.47. The summed E-state index contributed by atoms with van der Waals surface area (Å²) in [6.07, 6.45) is 0. The molecule has 0 saturated heterocycles. The van der Waals surface area contributed by atoms with Gasteiger partial charge in [-0.05, 0) is 49.5 Å². The van der Waals surface area contributed by atoms with Crippen LogP contribution in [0.3, 0.4) is 0 Å². The van der Waals surface area contributed by atoms with Crippen LogP contribution in [0, 0.1) is 10.1 Å². The second-order valence-electron chi connectivity index (χ2n) is 5.68. The van der Waals surface area contributed by atoms with Gasteiger partial charge in [-0.15, -0.1) is 0 Å². The molecule has 128 valence electrons. The standard InChI is InChI=1S/C17H20ClN3O3/c1-20(2)17(13-4-6-14(18)7-5-13)10-19-15-9-12(11-22)3-8-16(15)21(23)24/h3-9,17,19,22H,10-11H2,1-2H3. The van der Waals surface area contributed by atoms with E-state index in [9.17, 15) is 15.2 Å². The van der Waals surface area contributed by atoms with E-state index in [-0.39, 0.29) is 18.3 Å². The lowest BCUT2D eigenvalue weighted by atomic mass is 10.1. The van der Waals surface area contributed by atoms with Gasteiger partial charge in [0.25, 0.3) is 5.69 Å². The van der Waals surface area contributed by atoms with E-state index in [4.69, 9.17) is 11.6 Å². The van der Waals surface area contributed by atoms with E-state index in [2.05, 4.69) is 5.32 Å². The van der Waals surface area contributed by atoms with Crippen LogP contribution in [-0.4, -0.2) is 35.6 Å². The van der Waals surface area contributed by atoms with Crippen molar-refractivity contribution < 1.29 is 10.0 Å². The van der Waals surface area contributed by atoms with Gasteiger partial charge in [-0.3, -0.25) is 10.1 Å². The minimum Gasteiger partial charge on any atom is -0.392 e. The maximum absolute atomic E-state index is 11.2. The number of nitro groups is 1. The van der Waals surface area contributed by atoms with Gasteiger partial charge in [-0.1, -0.05) is 23.7 Å². The molecule has 2 rings (SSSR count). The molecule has 0 spiro atoms. The first kappa shape index (κ1) is 18.2. The first-order valence-corrected chi connectivity index (χ1v) is 7.84. The van der Waals surface area contributed by atoms with E-state index in [0.717, 1.165) is 5.56 Å². The number of nitrogens with one attached hydrogen (secondary N) is 1. The normalized spacial score (nSPS) is 12.2. The number of nitrogens with zero attached hydrogens (tertiary/aromatic N) is 2. The van der Waals surface area contributed by atoms with Crippen molar-refractivity contribution in [2.45, 2.75) is 12.6 Å². The highest BCUT2D eigenvalue weighted by Crippen LogP contribution is 2.27. The van der Waals surface area contributed by atoms with Crippen LogP contribution in [-0.2, 0) is 6.61 Å². The van der Waals surface area contributed by atoms with Gasteiger partial charge in [-0.25, -0.2) is 0 Å². The molecule has 0 fully saturated rings. The molecule has 0 aliphatic heterocycles. The highest BCUT2D eigenvalue weighted by molar-refractivity contribution is 6.30. The Kier molecular flexibility index (Phi) is 6.14. The van der Waals surface area contributed by atoms with Gasteiger partial charge in [0.2, 0.25) is 0 Å². The van der Waals surface area contributed by atoms with Crippen LogP contribution in [0.4, 0.5) is 11.4 Å². The van der Waals surface area contributed by atoms with E-state index < -0.39 is 4.92 Å². The van der Waals surface area contributed by atoms with Crippen LogP contribution in [0.1, 0.15) is 17.2 Å². The van der Waals surface area contributed by atoms with Gasteiger partial charge in [0.15, 0.2) is 0 Å². The Morgan fingerprint density at radius 1 is 1.25 bits per heavy atom. The number of likely N-dealkylation sites (N-methyl/N-ethyl adjacent to an activating group) is 1. The summed E-state index contributed by atoms with van der Waals surface area (Å²) >= 11 is 5.93. The van der Waals surface area contributed by atoms with E-state index in [0.29, 0.717) is 22.8 Å². The summed E-state index contributed by atoms with van der Waals surface area (Å²) in [7, 11) is 3.89. The number of benzene rings is 2. The average Bonchev–Trinajstić information content (AvgIpc) is 2.56. The van der Waals surface area contributed by atoms with E-state index >= 15 is 0 Å². The van der Waals surface area contributed by atoms with Crippen LogP contribution in [0.15, 0.2) is 42.5 Å². The maximum Gasteiger partial charge on any atom is 0.292 e. The number of hydrogen-bond acceptors (Lipinski definition) is 5. The first-order valence-electron chi connectivity index (χ1n) is 7.46. The van der Waals surface area contributed by atoms with Gasteiger partial charge in [0.1, 0.15) is 5.69 Å². The smallest absolute Gasteiger partial charge is 0.292 e. The maximum atomic E-state index is 11.2. The lowest BCUT2D eigenvalue weighted by molar-refractivity contribution is -0.384. The van der Waals surface area contributed by atoms with Crippen molar-refractivity contribution >= 4 is 23.0 Å². The van der Waals surface area contributed by atoms with Crippen molar-refractivity contribution in [3.63, 3.8) is 0 Å². The number of halogens is 1. The van der Waals surface area contributed by atoms with Crippen molar-refractivity contribution in [3.8, 4) is 0 Å². The number of hydrogen-bond donors (Lipinski definition) is 2. The fourth-order valence-corrected chi connectivity index (χ4v) is 2.60. The van der Waals surface area contributed by atoms with Crippen LogP contribution in [0.5, 0.6) is 0 Å². The van der Waals surface area contributed by atoms with Crippen LogP contribution in [0.25, 0.3) is 0 Å². The second kappa shape index (κ2) is 8.10. The molecule has 24 heavy (non-hydrogen) atoms. The molecule has 0 bridgehead atoms. The zero-order valence-corrected chi connectivity index (χ0v) is 14.3. The van der Waals surface area contributed by atoms with Crippen LogP contribution in [0.2, 0.25) is 5.02 Å². The Morgan fingerprint density at radius 3 is 2.46 bits per heavy atom. The van der Waals surface area contributed by atoms with E-state index in [1.165, 1.54) is 6.07 Å². The molecule has 1 atom stereocenters. The highest BCUT2D eigenvalue weighted by atomic mass is 35.5. The Balaban J connectivity index is 2.23. The second-order valence-corrected chi connectivity index (χ2v) is 6.12. The summed E-state index contributed by atoms with van der Waals surface area (Å²) < 4.78 is 0. The van der Waals surface area contributed by atoms with Crippen molar-refractivity contribution in [2.75, 3.05) is 26.0 Å². The molecule has 0 aliphatic rings. The molecular weight excluding hydrogens is 330 g/mol. The SMILES string of the molecule is CN(C)C(CNc1cc(CO)ccc1[N+](=O)[O-])c1ccc(Cl)cc1. The lowest BCUT2D eigenvalue weighted by Gasteiger charge is -2.25. The highest BCUT2D eigenvalue weighted by Gasteiger charge is 2.18. The summed E-state index contributed by atoms with van der Waals surface area (Å²) in [6, 6.07) is 12.1. The Hall–Kier alpha value is -2.15. The topological polar surface area (TPSA) is 78.6 Å². The summed E-state index contributed by atoms with van der Waals surface area (Å²) in [5.74, 6) is 0. The monoisotopic (exact) mass is 349 g/mol. The molecule has 2 aromatic carbocycles. The Bertz CT molecular complexity index is 705. The van der Waals surface area contributed by atoms with Crippen LogP contribution >= 0.6 is 11.6 Å². The van der Waals surface area contributed by atoms with Crippen molar-refractivity contribution in [1.29, 1.82) is 0 Å². The van der Waals surface area contributed by atoms with Crippen molar-refractivity contribution in [3.05, 3.63) is 68.7 Å². The predicted octanol–water partition coefficient (Wildman–Crippen LogP) is 3.46. The molecule has 0 saturated carbocycles. The molecule has 0 radical (unpaired) electrons. The van der Waals surface area contributed by atoms with Gasteiger partial charge in [0, 0.05) is 17.6 Å². The van der Waals surface area contributed by atoms with Crippen molar-refractivity contribution in [2.24, 2.45) is 0 Å². The zero-order chi connectivity index (χ0) is 17.7. The number of aliphatic hydroxyl groups excluding tert-OH is 1. The summed E-state index contributed by atoms with van der Waals surface area (Å²) in [4.78, 5) is 12.8. The molecule has 2 N–H and O–H groups in total. The van der Waals surface area contributed by atoms with E-state index in [1.54, 1.807) is 12.1 Å². The third kappa shape index (κ3) is 4.44. The van der Waals surface area contributed by atoms with Gasteiger partial charge in [-0.2, -0.15) is 0 Å². The van der Waals surface area contributed by atoms with Gasteiger partial charge in [0.05, 0.1) is 17.6 Å². The first-order chi connectivity index (χ1) is 11.4. The van der Waals surface area contributed by atoms with E-state index in [1.807, 2.05) is 43.3 Å². The molecule has 1 unspecified atom stereocenters. The Labute approximate surface area is 145 Å². The quantitative estimate of drug-likeness (QED) is 0.591. The Morgan fingerprint density at radius 2 is 1.92 bits per heavy atom. The largest absolute Gasteiger partial charge is 0.392 e. The minimum atomic E-state index is -0.434. The molecule has 7 heteroatoms. The minimum absolute atomic E-state index is 0.0131. The molecule has 2 aromatic rings. The summed E-state index contributed by atoms with van der Waals surface area (Å²) in [5, 5.41) is 24.2. The zero-order valence-electron chi connectivity index (χ0n) is 13.6. The molecular formula is C17H20ClN3O3. The molecule has 0 aromatic heterocycles. The molecule has 0 heterocycles. The summed E-state index contributed by atoms with van der Waals surface area (Å²) in [5.41, 5.74) is 2.06. The lowest BCUT2D eigenvalue weighted by Crippen LogP contribution is -2.27. The van der Waals surface area contributed by atoms with Crippen LogP contribution < -0.4 is 5.32 Å². The summed E-state index contributed by atoms with van der Waals surface area (Å²) in [6.45, 7) is 0.311. The predicted molar refractivity (Wildman–Crippen MR) is 95.4 cm³/mol. The fraction of sp³-hybridized carbons (Fsp3) is 0.294. The van der Waals surface area contributed by atoms with Crippen molar-refractivity contribution in [1.82, 2.24) is 4.90 Å². The van der Waals surface area contributed by atoms with Gasteiger partial charge >= 0.3 is 0 Å². The molecule has 6 nitrogen and oxygen atoms in total. The molecule has 0 aliphatic carbocycles. The number of anilines is 1. The number of rotatable bonds is 7. The third-order valence-electron chi connectivity index (χ3n) is 3.80. The van der Waals surface area contributed by atoms with Gasteiger partial charge < -0.3 is 15.3 Å². The molecule has 0 amide bonds. The third-order valence-corrected chi connectivity index (χ3v) is 4.06.